The van der Waals surface area contributed by atoms with Crippen molar-refractivity contribution in [3.63, 3.8) is 0 Å². The molecular formula is C22H27N3O5. The van der Waals surface area contributed by atoms with Crippen LogP contribution in [0.5, 0.6) is 5.75 Å². The lowest BCUT2D eigenvalue weighted by Crippen LogP contribution is -2.52. The molecule has 1 atom stereocenters. The molecule has 4 amide bonds. The van der Waals surface area contributed by atoms with E-state index in [9.17, 15) is 19.2 Å². The normalized spacial score (nSPS) is 26.2. The van der Waals surface area contributed by atoms with E-state index in [0.717, 1.165) is 31.2 Å². The number of carbonyl (C=O) groups is 4. The molecule has 4 rings (SSSR count). The molecule has 2 aliphatic heterocycles. The Morgan fingerprint density at radius 3 is 2.63 bits per heavy atom. The summed E-state index contributed by atoms with van der Waals surface area (Å²) < 4.78 is 6.25. The van der Waals surface area contributed by atoms with Gasteiger partial charge in [-0.1, -0.05) is 6.07 Å². The van der Waals surface area contributed by atoms with Crippen LogP contribution in [0, 0.1) is 5.92 Å². The third kappa shape index (κ3) is 3.91. The van der Waals surface area contributed by atoms with E-state index in [1.165, 1.54) is 4.90 Å². The highest BCUT2D eigenvalue weighted by Crippen LogP contribution is 2.36. The van der Waals surface area contributed by atoms with Crippen LogP contribution in [-0.4, -0.2) is 47.2 Å². The van der Waals surface area contributed by atoms with Gasteiger partial charge in [0.2, 0.25) is 17.7 Å². The quantitative estimate of drug-likeness (QED) is 0.712. The molecule has 1 saturated carbocycles. The monoisotopic (exact) mass is 413 g/mol. The van der Waals surface area contributed by atoms with Crippen LogP contribution in [0.2, 0.25) is 0 Å². The molecule has 2 fully saturated rings. The van der Waals surface area contributed by atoms with Crippen molar-refractivity contribution in [2.45, 2.75) is 64.1 Å². The van der Waals surface area contributed by atoms with E-state index >= 15 is 0 Å². The summed E-state index contributed by atoms with van der Waals surface area (Å²) in [5.74, 6) is -0.105. The van der Waals surface area contributed by atoms with E-state index in [4.69, 9.17) is 4.74 Å². The minimum Gasteiger partial charge on any atom is -0.490 e. The molecule has 1 aromatic rings. The summed E-state index contributed by atoms with van der Waals surface area (Å²) in [5.41, 5.74) is 1.34. The molecule has 1 unspecified atom stereocenters. The van der Waals surface area contributed by atoms with Gasteiger partial charge in [-0.3, -0.25) is 24.5 Å². The summed E-state index contributed by atoms with van der Waals surface area (Å²) in [6.45, 7) is 2.86. The number of imide groups is 1. The van der Waals surface area contributed by atoms with Gasteiger partial charge >= 0.3 is 0 Å². The highest BCUT2D eigenvalue weighted by Gasteiger charge is 2.40. The first-order valence-electron chi connectivity index (χ1n) is 10.7. The summed E-state index contributed by atoms with van der Waals surface area (Å²) in [5, 5.41) is 5.20. The van der Waals surface area contributed by atoms with E-state index in [1.807, 2.05) is 13.0 Å². The van der Waals surface area contributed by atoms with Gasteiger partial charge in [0.1, 0.15) is 11.8 Å². The Labute approximate surface area is 175 Å². The molecule has 1 aromatic carbocycles. The van der Waals surface area contributed by atoms with Crippen LogP contribution in [0.15, 0.2) is 18.2 Å². The minimum absolute atomic E-state index is 0.00179. The van der Waals surface area contributed by atoms with E-state index < -0.39 is 11.9 Å². The zero-order chi connectivity index (χ0) is 21.3. The molecule has 0 spiro atoms. The first kappa shape index (κ1) is 20.4. The van der Waals surface area contributed by atoms with Gasteiger partial charge in [0.25, 0.3) is 5.91 Å². The summed E-state index contributed by atoms with van der Waals surface area (Å²) in [6.07, 6.45) is 3.72. The smallest absolute Gasteiger partial charge is 0.255 e. The number of amides is 4. The Hall–Kier alpha value is -2.90. The topological polar surface area (TPSA) is 105 Å². The van der Waals surface area contributed by atoms with Gasteiger partial charge < -0.3 is 15.0 Å². The number of fused-ring (bicyclic) bond motifs is 1. The fraction of sp³-hybridized carbons (Fsp3) is 0.545. The standard InChI is InChI=1S/C22H27N3O5/c1-2-23-20(27)13-6-8-14(9-7-13)30-18-5-3-4-15-16(18)12-25(22(15)29)17-10-11-19(26)24-21(17)28/h3-5,13-14,17H,2,6-12H2,1H3,(H,23,27)(H,24,26,28). The van der Waals surface area contributed by atoms with Crippen molar-refractivity contribution < 1.29 is 23.9 Å². The Morgan fingerprint density at radius 2 is 1.93 bits per heavy atom. The van der Waals surface area contributed by atoms with Crippen LogP contribution in [0.3, 0.4) is 0 Å². The van der Waals surface area contributed by atoms with Crippen molar-refractivity contribution in [1.29, 1.82) is 0 Å². The van der Waals surface area contributed by atoms with Gasteiger partial charge in [0, 0.05) is 30.0 Å². The molecule has 3 aliphatic rings. The fourth-order valence-electron chi connectivity index (χ4n) is 4.61. The highest BCUT2D eigenvalue weighted by molar-refractivity contribution is 6.05. The lowest BCUT2D eigenvalue weighted by Gasteiger charge is -2.30. The molecular weight excluding hydrogens is 386 g/mol. The molecule has 1 saturated heterocycles. The SMILES string of the molecule is CCNC(=O)C1CCC(Oc2cccc3c2CN(C2CCC(=O)NC2=O)C3=O)CC1. The number of carbonyl (C=O) groups excluding carboxylic acids is 4. The van der Waals surface area contributed by atoms with Gasteiger partial charge in [-0.25, -0.2) is 0 Å². The fourth-order valence-corrected chi connectivity index (χ4v) is 4.61. The minimum atomic E-state index is -0.636. The van der Waals surface area contributed by atoms with Gasteiger partial charge in [-0.15, -0.1) is 0 Å². The Balaban J connectivity index is 1.43. The summed E-state index contributed by atoms with van der Waals surface area (Å²) in [6, 6.07) is 4.77. The third-order valence-corrected chi connectivity index (χ3v) is 6.23. The first-order chi connectivity index (χ1) is 14.5. The second-order valence-corrected chi connectivity index (χ2v) is 8.17. The zero-order valence-corrected chi connectivity index (χ0v) is 17.1. The first-order valence-corrected chi connectivity index (χ1v) is 10.7. The molecule has 0 bridgehead atoms. The number of ether oxygens (including phenoxy) is 1. The van der Waals surface area contributed by atoms with Crippen molar-refractivity contribution in [3.05, 3.63) is 29.3 Å². The number of piperidine rings is 1. The van der Waals surface area contributed by atoms with E-state index in [2.05, 4.69) is 10.6 Å². The molecule has 30 heavy (non-hydrogen) atoms. The summed E-state index contributed by atoms with van der Waals surface area (Å²) >= 11 is 0. The van der Waals surface area contributed by atoms with Crippen molar-refractivity contribution >= 4 is 23.6 Å². The Morgan fingerprint density at radius 1 is 1.17 bits per heavy atom. The zero-order valence-electron chi connectivity index (χ0n) is 17.1. The van der Waals surface area contributed by atoms with Gasteiger partial charge in [0.05, 0.1) is 12.6 Å². The second kappa shape index (κ2) is 8.45. The average molecular weight is 413 g/mol. The number of rotatable bonds is 5. The third-order valence-electron chi connectivity index (χ3n) is 6.23. The molecule has 2 heterocycles. The van der Waals surface area contributed by atoms with Crippen LogP contribution < -0.4 is 15.4 Å². The maximum Gasteiger partial charge on any atom is 0.255 e. The van der Waals surface area contributed by atoms with Crippen molar-refractivity contribution in [2.75, 3.05) is 6.54 Å². The van der Waals surface area contributed by atoms with Crippen LogP contribution >= 0.6 is 0 Å². The van der Waals surface area contributed by atoms with Crippen molar-refractivity contribution in [2.24, 2.45) is 5.92 Å². The van der Waals surface area contributed by atoms with Crippen LogP contribution in [-0.2, 0) is 20.9 Å². The van der Waals surface area contributed by atoms with Crippen molar-refractivity contribution in [1.82, 2.24) is 15.5 Å². The molecule has 0 aromatic heterocycles. The van der Waals surface area contributed by atoms with E-state index in [1.54, 1.807) is 12.1 Å². The number of hydrogen-bond donors (Lipinski definition) is 2. The van der Waals surface area contributed by atoms with Gasteiger partial charge in [-0.2, -0.15) is 0 Å². The van der Waals surface area contributed by atoms with Gasteiger partial charge in [-0.05, 0) is 51.2 Å². The van der Waals surface area contributed by atoms with Crippen LogP contribution in [0.25, 0.3) is 0 Å². The molecule has 2 N–H and O–H groups in total. The summed E-state index contributed by atoms with van der Waals surface area (Å²) in [7, 11) is 0. The molecule has 8 heteroatoms. The predicted molar refractivity (Wildman–Crippen MR) is 108 cm³/mol. The maximum atomic E-state index is 12.9. The number of nitrogens with zero attached hydrogens (tertiary/aromatic N) is 1. The lowest BCUT2D eigenvalue weighted by atomic mass is 9.86. The Kier molecular flexibility index (Phi) is 5.74. The lowest BCUT2D eigenvalue weighted by molar-refractivity contribution is -0.137. The number of hydrogen-bond acceptors (Lipinski definition) is 5. The molecule has 8 nitrogen and oxygen atoms in total. The number of nitrogens with one attached hydrogen (secondary N) is 2. The molecule has 1 aliphatic carbocycles. The summed E-state index contributed by atoms with van der Waals surface area (Å²) in [4.78, 5) is 50.1. The van der Waals surface area contributed by atoms with Gasteiger partial charge in [0.15, 0.2) is 0 Å². The van der Waals surface area contributed by atoms with Crippen LogP contribution in [0.4, 0.5) is 0 Å². The molecule has 0 radical (unpaired) electrons. The number of benzene rings is 1. The molecule has 160 valence electrons. The highest BCUT2D eigenvalue weighted by atomic mass is 16.5. The maximum absolute atomic E-state index is 12.9. The van der Waals surface area contributed by atoms with E-state index in [0.29, 0.717) is 30.8 Å². The largest absolute Gasteiger partial charge is 0.490 e. The Bertz CT molecular complexity index is 876. The predicted octanol–water partition coefficient (Wildman–Crippen LogP) is 1.52. The van der Waals surface area contributed by atoms with Crippen molar-refractivity contribution in [3.8, 4) is 5.75 Å². The van der Waals surface area contributed by atoms with Crippen LogP contribution in [0.1, 0.15) is 61.4 Å². The van der Waals surface area contributed by atoms with E-state index in [-0.39, 0.29) is 36.2 Å². The average Bonchev–Trinajstić information content (AvgIpc) is 3.06. The second-order valence-electron chi connectivity index (χ2n) is 8.17.